The van der Waals surface area contributed by atoms with Crippen molar-refractivity contribution in [2.75, 3.05) is 5.32 Å². The van der Waals surface area contributed by atoms with E-state index < -0.39 is 0 Å². The average Bonchev–Trinajstić information content (AvgIpc) is 2.89. The number of aromatic nitrogens is 2. The Morgan fingerprint density at radius 1 is 1.22 bits per heavy atom. The number of anilines is 1. The highest BCUT2D eigenvalue weighted by Crippen LogP contribution is 2.28. The molecule has 0 atom stereocenters. The van der Waals surface area contributed by atoms with Gasteiger partial charge in [-0.3, -0.25) is 0 Å². The fourth-order valence-electron chi connectivity index (χ4n) is 1.96. The summed E-state index contributed by atoms with van der Waals surface area (Å²) < 4.78 is 6.88. The number of aromatic hydroxyl groups is 1. The average molecular weight is 368 g/mol. The van der Waals surface area contributed by atoms with Crippen LogP contribution >= 0.6 is 35.4 Å². The molecule has 8 heteroatoms. The summed E-state index contributed by atoms with van der Waals surface area (Å²) in [5, 5.41) is 18.3. The molecular weight excluding hydrogens is 357 g/mol. The second-order valence-electron chi connectivity index (χ2n) is 4.65. The fourth-order valence-corrected chi connectivity index (χ4v) is 2.50. The first-order chi connectivity index (χ1) is 11.0. The molecule has 0 fully saturated rings. The smallest absolute Gasteiger partial charge is 0.289 e. The molecule has 0 aliphatic carbocycles. The summed E-state index contributed by atoms with van der Waals surface area (Å²) >= 11 is 17.2. The maximum atomic E-state index is 9.85. The lowest BCUT2D eigenvalue weighted by Gasteiger charge is -2.08. The van der Waals surface area contributed by atoms with Gasteiger partial charge < -0.3 is 14.8 Å². The number of para-hydroxylation sites is 1. The van der Waals surface area contributed by atoms with Crippen LogP contribution in [0, 0.1) is 4.84 Å². The molecule has 23 heavy (non-hydrogen) atoms. The molecule has 0 aliphatic rings. The summed E-state index contributed by atoms with van der Waals surface area (Å²) in [6.07, 6.45) is 0. The third-order valence-corrected chi connectivity index (χ3v) is 3.95. The molecule has 3 rings (SSSR count). The minimum atomic E-state index is 0.0711. The Labute approximate surface area is 147 Å². The number of benzene rings is 2. The van der Waals surface area contributed by atoms with Gasteiger partial charge in [0.05, 0.1) is 16.3 Å². The Bertz CT molecular complexity index is 908. The van der Waals surface area contributed by atoms with Gasteiger partial charge in [0.2, 0.25) is 0 Å². The number of rotatable bonds is 4. The zero-order chi connectivity index (χ0) is 16.4. The van der Waals surface area contributed by atoms with Crippen molar-refractivity contribution in [2.45, 2.75) is 6.67 Å². The van der Waals surface area contributed by atoms with Crippen LogP contribution in [-0.2, 0) is 6.67 Å². The molecule has 0 saturated carbocycles. The van der Waals surface area contributed by atoms with Crippen molar-refractivity contribution in [1.29, 1.82) is 0 Å². The maximum absolute atomic E-state index is 9.85. The predicted octanol–water partition coefficient (Wildman–Crippen LogP) is 4.95. The minimum Gasteiger partial charge on any atom is -0.507 e. The maximum Gasteiger partial charge on any atom is 0.289 e. The minimum absolute atomic E-state index is 0.0711. The molecule has 0 radical (unpaired) electrons. The lowest BCUT2D eigenvalue weighted by molar-refractivity contribution is 0.471. The van der Waals surface area contributed by atoms with Crippen LogP contribution in [0.15, 0.2) is 46.9 Å². The van der Waals surface area contributed by atoms with Gasteiger partial charge in [0.25, 0.3) is 10.7 Å². The van der Waals surface area contributed by atoms with Crippen LogP contribution in [0.1, 0.15) is 0 Å². The summed E-state index contributed by atoms with van der Waals surface area (Å²) in [5.74, 6) is 0.314. The Morgan fingerprint density at radius 3 is 2.78 bits per heavy atom. The zero-order valence-corrected chi connectivity index (χ0v) is 14.0. The first-order valence-corrected chi connectivity index (χ1v) is 7.76. The highest BCUT2D eigenvalue weighted by Gasteiger charge is 2.12. The van der Waals surface area contributed by atoms with Crippen LogP contribution in [0.2, 0.25) is 10.0 Å². The Hall–Kier alpha value is -2.02. The Kier molecular flexibility index (Phi) is 4.56. The van der Waals surface area contributed by atoms with E-state index in [4.69, 9.17) is 39.8 Å². The van der Waals surface area contributed by atoms with Crippen molar-refractivity contribution in [2.24, 2.45) is 0 Å². The van der Waals surface area contributed by atoms with E-state index in [2.05, 4.69) is 10.4 Å². The largest absolute Gasteiger partial charge is 0.507 e. The van der Waals surface area contributed by atoms with Crippen LogP contribution in [-0.4, -0.2) is 14.9 Å². The van der Waals surface area contributed by atoms with Gasteiger partial charge in [-0.25, -0.2) is 4.68 Å². The van der Waals surface area contributed by atoms with Crippen molar-refractivity contribution in [1.82, 2.24) is 9.78 Å². The number of nitrogens with zero attached hydrogens (tertiary/aromatic N) is 2. The summed E-state index contributed by atoms with van der Waals surface area (Å²) in [4.78, 5) is 0.175. The molecule has 3 aromatic rings. The second-order valence-corrected chi connectivity index (χ2v) is 5.84. The Morgan fingerprint density at radius 2 is 2.00 bits per heavy atom. The van der Waals surface area contributed by atoms with Crippen LogP contribution < -0.4 is 5.32 Å². The fraction of sp³-hybridized carbons (Fsp3) is 0.0667. The number of phenols is 1. The van der Waals surface area contributed by atoms with Crippen molar-refractivity contribution in [3.05, 3.63) is 57.3 Å². The SMILES string of the molecule is Oc1ccccc1-c1nn(CNc2cc(Cl)ccc2Cl)c(=S)o1. The lowest BCUT2D eigenvalue weighted by Crippen LogP contribution is -2.09. The second kappa shape index (κ2) is 6.62. The molecule has 0 aliphatic heterocycles. The third kappa shape index (κ3) is 3.50. The highest BCUT2D eigenvalue weighted by molar-refractivity contribution is 7.71. The van der Waals surface area contributed by atoms with Gasteiger partial charge in [0, 0.05) is 5.02 Å². The molecule has 0 amide bonds. The van der Waals surface area contributed by atoms with Gasteiger partial charge in [0.1, 0.15) is 12.4 Å². The molecule has 5 nitrogen and oxygen atoms in total. The zero-order valence-electron chi connectivity index (χ0n) is 11.7. The van der Waals surface area contributed by atoms with Gasteiger partial charge in [-0.1, -0.05) is 35.3 Å². The van der Waals surface area contributed by atoms with Crippen LogP contribution in [0.3, 0.4) is 0 Å². The number of halogens is 2. The van der Waals surface area contributed by atoms with Crippen molar-refractivity contribution in [3.63, 3.8) is 0 Å². The predicted molar refractivity (Wildman–Crippen MR) is 92.5 cm³/mol. The van der Waals surface area contributed by atoms with E-state index in [0.29, 0.717) is 21.3 Å². The van der Waals surface area contributed by atoms with Gasteiger partial charge in [-0.05, 0) is 42.5 Å². The highest BCUT2D eigenvalue weighted by atomic mass is 35.5. The van der Waals surface area contributed by atoms with E-state index in [9.17, 15) is 5.11 Å². The van der Waals surface area contributed by atoms with Gasteiger partial charge in [-0.15, -0.1) is 5.10 Å². The van der Waals surface area contributed by atoms with E-state index in [0.717, 1.165) is 0 Å². The van der Waals surface area contributed by atoms with E-state index >= 15 is 0 Å². The molecule has 0 saturated heterocycles. The van der Waals surface area contributed by atoms with E-state index in [1.807, 2.05) is 0 Å². The number of nitrogens with one attached hydrogen (secondary N) is 1. The normalized spacial score (nSPS) is 10.7. The van der Waals surface area contributed by atoms with E-state index in [1.54, 1.807) is 42.5 Å². The molecule has 1 heterocycles. The van der Waals surface area contributed by atoms with Gasteiger partial charge >= 0.3 is 0 Å². The number of hydrogen-bond donors (Lipinski definition) is 2. The quantitative estimate of drug-likeness (QED) is 0.638. The number of hydrogen-bond acceptors (Lipinski definition) is 5. The third-order valence-electron chi connectivity index (χ3n) is 3.09. The van der Waals surface area contributed by atoms with Gasteiger partial charge in [0.15, 0.2) is 0 Å². The summed E-state index contributed by atoms with van der Waals surface area (Å²) in [5.41, 5.74) is 1.13. The van der Waals surface area contributed by atoms with Crippen LogP contribution in [0.5, 0.6) is 5.75 Å². The first-order valence-electron chi connectivity index (χ1n) is 6.60. The number of phenolic OH excluding ortho intramolecular Hbond substituents is 1. The van der Waals surface area contributed by atoms with Crippen LogP contribution in [0.4, 0.5) is 5.69 Å². The molecule has 118 valence electrons. The summed E-state index contributed by atoms with van der Waals surface area (Å²) in [7, 11) is 0. The lowest BCUT2D eigenvalue weighted by atomic mass is 10.2. The van der Waals surface area contributed by atoms with Gasteiger partial charge in [-0.2, -0.15) is 0 Å². The van der Waals surface area contributed by atoms with E-state index in [-0.39, 0.29) is 23.1 Å². The summed E-state index contributed by atoms with van der Waals surface area (Å²) in [6.45, 7) is 0.246. The van der Waals surface area contributed by atoms with Crippen molar-refractivity contribution < 1.29 is 9.52 Å². The van der Waals surface area contributed by atoms with Crippen molar-refractivity contribution in [3.8, 4) is 17.2 Å². The standard InChI is InChI=1S/C15H11Cl2N3O2S/c16-9-5-6-11(17)12(7-9)18-8-20-15(23)22-14(19-20)10-3-1-2-4-13(10)21/h1-7,18,21H,8H2. The molecule has 0 bridgehead atoms. The first kappa shape index (κ1) is 15.9. The molecule has 2 N–H and O–H groups in total. The van der Waals surface area contributed by atoms with E-state index in [1.165, 1.54) is 4.68 Å². The molecule has 2 aromatic carbocycles. The molecule has 1 aromatic heterocycles. The monoisotopic (exact) mass is 367 g/mol. The molecular formula is C15H11Cl2N3O2S. The summed E-state index contributed by atoms with van der Waals surface area (Å²) in [6, 6.07) is 11.8. The molecule has 0 unspecified atom stereocenters. The molecule has 0 spiro atoms. The van der Waals surface area contributed by atoms with Crippen LogP contribution in [0.25, 0.3) is 11.5 Å². The topological polar surface area (TPSA) is 63.2 Å². The Balaban J connectivity index is 1.84. The van der Waals surface area contributed by atoms with Crippen molar-refractivity contribution >= 4 is 41.1 Å².